The highest BCUT2D eigenvalue weighted by Gasteiger charge is 2.46. The molecule has 0 aromatic heterocycles. The Labute approximate surface area is 117 Å². The van der Waals surface area contributed by atoms with Gasteiger partial charge >= 0.3 is 5.97 Å². The topological polar surface area (TPSA) is 46.5 Å². The van der Waals surface area contributed by atoms with Crippen LogP contribution in [-0.4, -0.2) is 17.7 Å². The van der Waals surface area contributed by atoms with Crippen LogP contribution < -0.4 is 4.74 Å². The van der Waals surface area contributed by atoms with Crippen LogP contribution in [0, 0.1) is 5.92 Å². The number of carbonyl (C=O) groups is 1. The molecule has 1 N–H and O–H groups in total. The van der Waals surface area contributed by atoms with Gasteiger partial charge in [-0.25, -0.2) is 0 Å². The molecule has 2 aliphatic carbocycles. The smallest absolute Gasteiger partial charge is 0.304 e. The van der Waals surface area contributed by atoms with E-state index >= 15 is 0 Å². The molecule has 0 bridgehead atoms. The summed E-state index contributed by atoms with van der Waals surface area (Å²) in [4.78, 5) is 10.9. The summed E-state index contributed by atoms with van der Waals surface area (Å²) < 4.78 is 5.68. The zero-order chi connectivity index (χ0) is 13.5. The molecule has 0 amide bonds. The van der Waals surface area contributed by atoms with Gasteiger partial charge < -0.3 is 9.84 Å². The van der Waals surface area contributed by atoms with Crippen molar-refractivity contribution in [3.05, 3.63) is 28.8 Å². The average molecular weight is 281 g/mol. The SMILES string of the molecule is O=C(O)CC1(c2ccc(OCC3CC3)c(Cl)c2)CC1. The first-order valence-electron chi connectivity index (χ1n) is 6.74. The molecule has 3 rings (SSSR count). The molecule has 4 heteroatoms. The van der Waals surface area contributed by atoms with E-state index in [-0.39, 0.29) is 11.8 Å². The minimum atomic E-state index is -0.748. The average Bonchev–Trinajstić information content (AvgIpc) is 3.21. The van der Waals surface area contributed by atoms with Crippen LogP contribution in [0.4, 0.5) is 0 Å². The van der Waals surface area contributed by atoms with Crippen LogP contribution in [0.1, 0.15) is 37.7 Å². The molecule has 0 aliphatic heterocycles. The first-order valence-corrected chi connectivity index (χ1v) is 7.11. The Kier molecular flexibility index (Phi) is 3.17. The normalized spacial score (nSPS) is 20.1. The van der Waals surface area contributed by atoms with Crippen LogP contribution in [0.2, 0.25) is 5.02 Å². The van der Waals surface area contributed by atoms with Crippen molar-refractivity contribution < 1.29 is 14.6 Å². The van der Waals surface area contributed by atoms with Crippen molar-refractivity contribution >= 4 is 17.6 Å². The molecule has 0 radical (unpaired) electrons. The highest BCUT2D eigenvalue weighted by molar-refractivity contribution is 6.32. The monoisotopic (exact) mass is 280 g/mol. The number of carboxylic acids is 1. The maximum atomic E-state index is 10.9. The van der Waals surface area contributed by atoms with Crippen LogP contribution in [0.3, 0.4) is 0 Å². The standard InChI is InChI=1S/C15H17ClO3/c16-12-7-11(15(5-6-15)8-14(17)18)3-4-13(12)19-9-10-1-2-10/h3-4,7,10H,1-2,5-6,8-9H2,(H,17,18). The van der Waals surface area contributed by atoms with Crippen molar-refractivity contribution in [2.45, 2.75) is 37.5 Å². The molecule has 0 spiro atoms. The fourth-order valence-electron chi connectivity index (χ4n) is 2.45. The Morgan fingerprint density at radius 1 is 1.42 bits per heavy atom. The molecule has 0 atom stereocenters. The summed E-state index contributed by atoms with van der Waals surface area (Å²) in [6.07, 6.45) is 4.54. The van der Waals surface area contributed by atoms with Gasteiger partial charge in [-0.05, 0) is 49.3 Å². The molecule has 0 heterocycles. The zero-order valence-electron chi connectivity index (χ0n) is 10.7. The third-order valence-electron chi connectivity index (χ3n) is 4.06. The van der Waals surface area contributed by atoms with Crippen LogP contribution in [0.15, 0.2) is 18.2 Å². The summed E-state index contributed by atoms with van der Waals surface area (Å²) in [5.41, 5.74) is 0.837. The minimum Gasteiger partial charge on any atom is -0.492 e. The van der Waals surface area contributed by atoms with E-state index in [9.17, 15) is 4.79 Å². The Balaban J connectivity index is 1.73. The maximum absolute atomic E-state index is 10.9. The second-order valence-electron chi connectivity index (χ2n) is 5.75. The van der Waals surface area contributed by atoms with Crippen molar-refractivity contribution in [2.24, 2.45) is 5.92 Å². The summed E-state index contributed by atoms with van der Waals surface area (Å²) in [7, 11) is 0. The molecule has 0 saturated heterocycles. The first kappa shape index (κ1) is 12.8. The van der Waals surface area contributed by atoms with Gasteiger partial charge in [-0.15, -0.1) is 0 Å². The first-order chi connectivity index (χ1) is 9.09. The van der Waals surface area contributed by atoms with E-state index in [4.69, 9.17) is 21.4 Å². The lowest BCUT2D eigenvalue weighted by Crippen LogP contribution is -2.13. The molecular weight excluding hydrogens is 264 g/mol. The molecule has 3 nitrogen and oxygen atoms in total. The zero-order valence-corrected chi connectivity index (χ0v) is 11.4. The summed E-state index contributed by atoms with van der Waals surface area (Å²) in [6, 6.07) is 5.71. The van der Waals surface area contributed by atoms with Crippen molar-refractivity contribution in [1.29, 1.82) is 0 Å². The molecule has 2 aliphatic rings. The van der Waals surface area contributed by atoms with E-state index in [2.05, 4.69) is 0 Å². The number of halogens is 1. The van der Waals surface area contributed by atoms with Crippen LogP contribution in [0.25, 0.3) is 0 Å². The van der Waals surface area contributed by atoms with Crippen molar-refractivity contribution in [3.63, 3.8) is 0 Å². The predicted octanol–water partition coefficient (Wildman–Crippen LogP) is 3.64. The van der Waals surface area contributed by atoms with Gasteiger partial charge in [0.2, 0.25) is 0 Å². The van der Waals surface area contributed by atoms with E-state index in [0.29, 0.717) is 16.7 Å². The van der Waals surface area contributed by atoms with E-state index in [1.807, 2.05) is 18.2 Å². The van der Waals surface area contributed by atoms with Gasteiger partial charge in [0, 0.05) is 5.41 Å². The molecule has 0 unspecified atom stereocenters. The number of rotatable bonds is 6. The molecule has 1 aromatic carbocycles. The van der Waals surface area contributed by atoms with Gasteiger partial charge in [-0.1, -0.05) is 17.7 Å². The lowest BCUT2D eigenvalue weighted by molar-refractivity contribution is -0.137. The van der Waals surface area contributed by atoms with Gasteiger partial charge in [-0.2, -0.15) is 0 Å². The second-order valence-corrected chi connectivity index (χ2v) is 6.16. The molecule has 102 valence electrons. The molecule has 19 heavy (non-hydrogen) atoms. The van der Waals surface area contributed by atoms with Crippen molar-refractivity contribution in [1.82, 2.24) is 0 Å². The maximum Gasteiger partial charge on any atom is 0.304 e. The summed E-state index contributed by atoms with van der Waals surface area (Å²) in [5.74, 6) is 0.656. The Hall–Kier alpha value is -1.22. The summed E-state index contributed by atoms with van der Waals surface area (Å²) >= 11 is 6.23. The lowest BCUT2D eigenvalue weighted by Gasteiger charge is -2.15. The fourth-order valence-corrected chi connectivity index (χ4v) is 2.68. The van der Waals surface area contributed by atoms with Gasteiger partial charge in [0.1, 0.15) is 5.75 Å². The number of aliphatic carboxylic acids is 1. The van der Waals surface area contributed by atoms with Crippen LogP contribution in [0.5, 0.6) is 5.75 Å². The Morgan fingerprint density at radius 2 is 2.16 bits per heavy atom. The Morgan fingerprint density at radius 3 is 2.68 bits per heavy atom. The number of hydrogen-bond acceptors (Lipinski definition) is 2. The predicted molar refractivity (Wildman–Crippen MR) is 72.8 cm³/mol. The van der Waals surface area contributed by atoms with Gasteiger partial charge in [0.25, 0.3) is 0 Å². The minimum absolute atomic E-state index is 0.186. The van der Waals surface area contributed by atoms with Crippen LogP contribution in [-0.2, 0) is 10.2 Å². The molecule has 1 aromatic rings. The quantitative estimate of drug-likeness (QED) is 0.865. The molecule has 2 fully saturated rings. The highest BCUT2D eigenvalue weighted by Crippen LogP contribution is 2.52. The van der Waals surface area contributed by atoms with Crippen molar-refractivity contribution in [2.75, 3.05) is 6.61 Å². The number of ether oxygens (including phenoxy) is 1. The van der Waals surface area contributed by atoms with E-state index in [1.165, 1.54) is 12.8 Å². The third-order valence-corrected chi connectivity index (χ3v) is 4.35. The number of carboxylic acid groups (broad SMARTS) is 1. The summed E-state index contributed by atoms with van der Waals surface area (Å²) in [6.45, 7) is 0.735. The lowest BCUT2D eigenvalue weighted by atomic mass is 9.92. The van der Waals surface area contributed by atoms with Crippen molar-refractivity contribution in [3.8, 4) is 5.75 Å². The van der Waals surface area contributed by atoms with E-state index in [1.54, 1.807) is 0 Å². The van der Waals surface area contributed by atoms with Gasteiger partial charge in [0.15, 0.2) is 0 Å². The van der Waals surface area contributed by atoms with Crippen LogP contribution >= 0.6 is 11.6 Å². The van der Waals surface area contributed by atoms with E-state index in [0.717, 1.165) is 25.0 Å². The third kappa shape index (κ3) is 2.86. The molecular formula is C15H17ClO3. The fraction of sp³-hybridized carbons (Fsp3) is 0.533. The van der Waals surface area contributed by atoms with Gasteiger partial charge in [0.05, 0.1) is 18.1 Å². The summed E-state index contributed by atoms with van der Waals surface area (Å²) in [5, 5.41) is 9.56. The largest absolute Gasteiger partial charge is 0.492 e. The molecule has 2 saturated carbocycles. The highest BCUT2D eigenvalue weighted by atomic mass is 35.5. The van der Waals surface area contributed by atoms with E-state index < -0.39 is 5.97 Å². The second kappa shape index (κ2) is 4.71. The number of hydrogen-bond donors (Lipinski definition) is 1. The van der Waals surface area contributed by atoms with Gasteiger partial charge in [-0.3, -0.25) is 4.79 Å². The Bertz CT molecular complexity index is 504. The number of benzene rings is 1.